The number of ether oxygens (including phenoxy) is 1. The van der Waals surface area contributed by atoms with Crippen LogP contribution in [-0.2, 0) is 21.2 Å². The van der Waals surface area contributed by atoms with Crippen LogP contribution in [0.4, 0.5) is 0 Å². The van der Waals surface area contributed by atoms with Crippen molar-refractivity contribution in [2.45, 2.75) is 12.8 Å². The van der Waals surface area contributed by atoms with E-state index < -0.39 is 15.8 Å². The van der Waals surface area contributed by atoms with Crippen molar-refractivity contribution < 1.29 is 21.2 Å². The van der Waals surface area contributed by atoms with E-state index in [0.717, 1.165) is 13.2 Å². The van der Waals surface area contributed by atoms with Gasteiger partial charge in [0.15, 0.2) is 0 Å². The van der Waals surface area contributed by atoms with Gasteiger partial charge in [0.2, 0.25) is 0 Å². The maximum atomic E-state index is 4.94. The van der Waals surface area contributed by atoms with E-state index in [1.54, 1.807) is 0 Å². The molecule has 0 unspecified atom stereocenters. The van der Waals surface area contributed by atoms with Crippen molar-refractivity contribution in [2.75, 3.05) is 13.2 Å². The van der Waals surface area contributed by atoms with E-state index in [-0.39, 0.29) is 23.2 Å². The molecule has 5 heteroatoms. The van der Waals surface area contributed by atoms with Gasteiger partial charge in [0, 0.05) is 29.7 Å². The molecule has 1 saturated heterocycles. The van der Waals surface area contributed by atoms with E-state index in [4.69, 9.17) is 4.74 Å². The van der Waals surface area contributed by atoms with Gasteiger partial charge < -0.3 is 4.74 Å². The van der Waals surface area contributed by atoms with Gasteiger partial charge >= 0.3 is 0 Å². The maximum Gasteiger partial charge on any atom is 0.251 e. The van der Waals surface area contributed by atoms with Crippen LogP contribution in [-0.4, -0.2) is 19.9 Å². The summed E-state index contributed by atoms with van der Waals surface area (Å²) in [5, 5.41) is 8.49. The van der Waals surface area contributed by atoms with E-state index in [0.29, 0.717) is 0 Å². The average molecular weight is 743 g/mol. The first-order chi connectivity index (χ1) is 24.9. The first kappa shape index (κ1) is 36.7. The van der Waals surface area contributed by atoms with Crippen molar-refractivity contribution in [3.05, 3.63) is 200 Å². The molecule has 0 saturated carbocycles. The second-order valence-electron chi connectivity index (χ2n) is 12.6. The summed E-state index contributed by atoms with van der Waals surface area (Å²) in [4.78, 5) is 0. The Kier molecular flexibility index (Phi) is 13.6. The minimum absolute atomic E-state index is 0. The van der Waals surface area contributed by atoms with Crippen LogP contribution in [0.3, 0.4) is 0 Å². The van der Waals surface area contributed by atoms with Crippen molar-refractivity contribution in [3.8, 4) is 0 Å². The molecule has 1 fully saturated rings. The first-order valence-corrected chi connectivity index (χ1v) is 20.7. The number of hydrogen-bond acceptors (Lipinski definition) is 1. The summed E-state index contributed by atoms with van der Waals surface area (Å²) in [5.41, 5.74) is 4.10. The third-order valence-corrected chi connectivity index (χ3v) is 14.9. The third-order valence-electron chi connectivity index (χ3n) is 9.29. The van der Waals surface area contributed by atoms with Crippen LogP contribution in [0.25, 0.3) is 0 Å². The minimum Gasteiger partial charge on any atom is -0.381 e. The van der Waals surface area contributed by atoms with Gasteiger partial charge in [-0.1, -0.05) is 145 Å². The number of rotatable bonds is 9. The number of hydrogen-bond donors (Lipinski definition) is 0. The van der Waals surface area contributed by atoms with Gasteiger partial charge in [-0.05, 0) is 84.4 Å². The van der Waals surface area contributed by atoms with Crippen molar-refractivity contribution in [2.24, 2.45) is 0 Å². The second kappa shape index (κ2) is 19.0. The molecular formula is C46H43BNiOP2+2. The van der Waals surface area contributed by atoms with Gasteiger partial charge in [0.05, 0.1) is 26.5 Å². The van der Waals surface area contributed by atoms with Crippen LogP contribution in [0.1, 0.15) is 12.8 Å². The monoisotopic (exact) mass is 742 g/mol. The van der Waals surface area contributed by atoms with Crippen LogP contribution >= 0.6 is 15.8 Å². The second-order valence-corrected chi connectivity index (χ2v) is 17.4. The van der Waals surface area contributed by atoms with Crippen LogP contribution in [0.2, 0.25) is 0 Å². The molecule has 0 spiro atoms. The predicted octanol–water partition coefficient (Wildman–Crippen LogP) is 5.98. The van der Waals surface area contributed by atoms with Gasteiger partial charge in [-0.3, -0.25) is 0 Å². The maximum absolute atomic E-state index is 4.94. The molecule has 1 heterocycles. The summed E-state index contributed by atoms with van der Waals surface area (Å²) in [7, 11) is -2.59. The zero-order chi connectivity index (χ0) is 33.8. The fourth-order valence-electron chi connectivity index (χ4n) is 7.01. The summed E-state index contributed by atoms with van der Waals surface area (Å²) < 4.78 is 4.94. The molecule has 0 bridgehead atoms. The van der Waals surface area contributed by atoms with Gasteiger partial charge in [-0.2, -0.15) is 0 Å². The molecule has 0 radical (unpaired) electrons. The minimum atomic E-state index is -1.29. The molecule has 1 nitrogen and oxygen atoms in total. The molecule has 254 valence electrons. The molecule has 7 aromatic carbocycles. The fourth-order valence-corrected chi connectivity index (χ4v) is 12.6. The van der Waals surface area contributed by atoms with Crippen molar-refractivity contribution in [3.63, 3.8) is 0 Å². The Bertz CT molecular complexity index is 1830. The summed E-state index contributed by atoms with van der Waals surface area (Å²) in [5.74, 6) is 0. The van der Waals surface area contributed by atoms with Gasteiger partial charge in [0.1, 0.15) is 21.2 Å². The molecule has 8 rings (SSSR count). The molecule has 1 aliphatic heterocycles. The summed E-state index contributed by atoms with van der Waals surface area (Å²) >= 11 is 0. The zero-order valence-electron chi connectivity index (χ0n) is 28.7. The quantitative estimate of drug-likeness (QED) is 0.131. The van der Waals surface area contributed by atoms with Crippen LogP contribution in [0, 0.1) is 0 Å². The third kappa shape index (κ3) is 9.05. The first-order valence-electron chi connectivity index (χ1n) is 17.7. The van der Waals surface area contributed by atoms with Crippen molar-refractivity contribution >= 4 is 70.8 Å². The van der Waals surface area contributed by atoms with Crippen molar-refractivity contribution in [1.82, 2.24) is 0 Å². The van der Waals surface area contributed by atoms with Gasteiger partial charge in [0.25, 0.3) is 6.71 Å². The van der Waals surface area contributed by atoms with E-state index in [2.05, 4.69) is 200 Å². The van der Waals surface area contributed by atoms with E-state index in [1.165, 1.54) is 61.1 Å². The van der Waals surface area contributed by atoms with E-state index in [1.807, 2.05) is 0 Å². The van der Waals surface area contributed by atoms with E-state index >= 15 is 0 Å². The van der Waals surface area contributed by atoms with Gasteiger partial charge in [-0.25, -0.2) is 0 Å². The van der Waals surface area contributed by atoms with Crippen molar-refractivity contribution in [1.29, 1.82) is 0 Å². The molecule has 0 amide bonds. The SMILES string of the molecule is C1CCOC1.[Ni].c1ccc(B(c2ccccc2[PH+](c2ccccc2)c2ccccc2)c2ccccc2[PH+](c2ccccc2)c2ccccc2)cc1. The summed E-state index contributed by atoms with van der Waals surface area (Å²) in [6, 6.07) is 74.1. The standard InChI is InChI=1S/C42H33BP2.C4H8O.Ni/c1-6-20-34(21-7-1)43(39-30-16-18-32-41(39)44(35-22-8-2-9-23-35)36-24-10-3-11-25-36)40-31-17-19-33-42(40)45(37-26-12-4-13-27-37)38-28-14-5-15-29-38;1-2-4-5-3-1;/h1-33H;1-4H2;/p+2. The summed E-state index contributed by atoms with van der Waals surface area (Å²) in [6.45, 7) is 2.08. The Morgan fingerprint density at radius 1 is 0.353 bits per heavy atom. The zero-order valence-corrected chi connectivity index (χ0v) is 31.7. The molecule has 0 N–H and O–H groups in total. The van der Waals surface area contributed by atoms with Crippen LogP contribution in [0.5, 0.6) is 0 Å². The smallest absolute Gasteiger partial charge is 0.251 e. The number of benzene rings is 7. The fraction of sp³-hybridized carbons (Fsp3) is 0.0870. The van der Waals surface area contributed by atoms with E-state index in [9.17, 15) is 0 Å². The Balaban J connectivity index is 0.000000689. The van der Waals surface area contributed by atoms with Crippen LogP contribution in [0.15, 0.2) is 200 Å². The molecule has 7 aromatic rings. The Hall–Kier alpha value is -4.08. The Labute approximate surface area is 316 Å². The predicted molar refractivity (Wildman–Crippen MR) is 224 cm³/mol. The van der Waals surface area contributed by atoms with Crippen LogP contribution < -0.4 is 48.2 Å². The Morgan fingerprint density at radius 2 is 0.647 bits per heavy atom. The molecule has 51 heavy (non-hydrogen) atoms. The summed E-state index contributed by atoms with van der Waals surface area (Å²) in [6.07, 6.45) is 2.56. The molecular weight excluding hydrogens is 700 g/mol. The largest absolute Gasteiger partial charge is 0.381 e. The molecule has 0 aromatic heterocycles. The molecule has 0 atom stereocenters. The topological polar surface area (TPSA) is 9.23 Å². The average Bonchev–Trinajstić information content (AvgIpc) is 3.80. The van der Waals surface area contributed by atoms with Gasteiger partial charge in [-0.15, -0.1) is 0 Å². The molecule has 0 aliphatic carbocycles. The molecule has 1 aliphatic rings. The Morgan fingerprint density at radius 3 is 0.961 bits per heavy atom. The normalized spacial score (nSPS) is 12.1.